The van der Waals surface area contributed by atoms with Crippen LogP contribution in [0.25, 0.3) is 0 Å². The van der Waals surface area contributed by atoms with Crippen molar-refractivity contribution < 1.29 is 14.8 Å². The van der Waals surface area contributed by atoms with E-state index in [4.69, 9.17) is 14.8 Å². The molecule has 1 aromatic carbocycles. The SMILES string of the molecule is CN1CCN(CCCOc2cccc(B(O)O)c2)CC1. The van der Waals surface area contributed by atoms with E-state index in [2.05, 4.69) is 16.8 Å². The van der Waals surface area contributed by atoms with Gasteiger partial charge in [0.2, 0.25) is 0 Å². The Morgan fingerprint density at radius 1 is 1.20 bits per heavy atom. The van der Waals surface area contributed by atoms with E-state index < -0.39 is 7.12 Å². The Morgan fingerprint density at radius 3 is 2.65 bits per heavy atom. The lowest BCUT2D eigenvalue weighted by Crippen LogP contribution is -2.44. The number of rotatable bonds is 6. The summed E-state index contributed by atoms with van der Waals surface area (Å²) in [5.41, 5.74) is 0.460. The molecule has 1 fully saturated rings. The van der Waals surface area contributed by atoms with Crippen LogP contribution in [0.3, 0.4) is 0 Å². The number of hydrogen-bond acceptors (Lipinski definition) is 5. The molecule has 1 saturated heterocycles. The van der Waals surface area contributed by atoms with E-state index in [1.54, 1.807) is 18.2 Å². The maximum atomic E-state index is 9.10. The summed E-state index contributed by atoms with van der Waals surface area (Å²) in [7, 11) is 0.715. The lowest BCUT2D eigenvalue weighted by molar-refractivity contribution is 0.145. The lowest BCUT2D eigenvalue weighted by Gasteiger charge is -2.32. The van der Waals surface area contributed by atoms with E-state index in [1.807, 2.05) is 6.07 Å². The van der Waals surface area contributed by atoms with E-state index in [0.29, 0.717) is 17.8 Å². The van der Waals surface area contributed by atoms with Gasteiger partial charge in [-0.15, -0.1) is 0 Å². The van der Waals surface area contributed by atoms with Crippen molar-refractivity contribution in [3.63, 3.8) is 0 Å². The topological polar surface area (TPSA) is 56.2 Å². The molecule has 0 aliphatic carbocycles. The first-order chi connectivity index (χ1) is 9.65. The fourth-order valence-corrected chi connectivity index (χ4v) is 2.31. The molecule has 1 aliphatic rings. The van der Waals surface area contributed by atoms with Crippen molar-refractivity contribution in [2.75, 3.05) is 46.4 Å². The average Bonchev–Trinajstić information content (AvgIpc) is 2.46. The molecular weight excluding hydrogens is 255 g/mol. The fourth-order valence-electron chi connectivity index (χ4n) is 2.31. The number of ether oxygens (including phenoxy) is 1. The Morgan fingerprint density at radius 2 is 1.95 bits per heavy atom. The van der Waals surface area contributed by atoms with Gasteiger partial charge in [0, 0.05) is 32.7 Å². The normalized spacial score (nSPS) is 17.1. The number of nitrogens with zero attached hydrogens (tertiary/aromatic N) is 2. The van der Waals surface area contributed by atoms with Crippen molar-refractivity contribution >= 4 is 12.6 Å². The molecule has 6 heteroatoms. The zero-order valence-electron chi connectivity index (χ0n) is 12.0. The van der Waals surface area contributed by atoms with Gasteiger partial charge in [-0.2, -0.15) is 0 Å². The Hall–Kier alpha value is -1.08. The zero-order chi connectivity index (χ0) is 14.4. The summed E-state index contributed by atoms with van der Waals surface area (Å²) in [4.78, 5) is 4.80. The first kappa shape index (κ1) is 15.3. The quantitative estimate of drug-likeness (QED) is 0.537. The molecule has 0 atom stereocenters. The maximum Gasteiger partial charge on any atom is 0.488 e. The predicted octanol–water partition coefficient (Wildman–Crippen LogP) is -0.617. The number of benzene rings is 1. The van der Waals surface area contributed by atoms with Gasteiger partial charge in [-0.3, -0.25) is 0 Å². The largest absolute Gasteiger partial charge is 0.494 e. The highest BCUT2D eigenvalue weighted by atomic mass is 16.5. The maximum absolute atomic E-state index is 9.10. The van der Waals surface area contributed by atoms with E-state index in [1.165, 1.54) is 0 Å². The monoisotopic (exact) mass is 278 g/mol. The van der Waals surface area contributed by atoms with Gasteiger partial charge in [-0.1, -0.05) is 12.1 Å². The van der Waals surface area contributed by atoms with Crippen molar-refractivity contribution in [2.45, 2.75) is 6.42 Å². The third-order valence-electron chi connectivity index (χ3n) is 3.64. The summed E-state index contributed by atoms with van der Waals surface area (Å²) >= 11 is 0. The van der Waals surface area contributed by atoms with Gasteiger partial charge in [-0.05, 0) is 31.1 Å². The molecule has 0 unspecified atom stereocenters. The van der Waals surface area contributed by atoms with Gasteiger partial charge in [0.25, 0.3) is 0 Å². The second-order valence-electron chi connectivity index (χ2n) is 5.29. The van der Waals surface area contributed by atoms with E-state index in [-0.39, 0.29) is 0 Å². The summed E-state index contributed by atoms with van der Waals surface area (Å²) in [5.74, 6) is 0.689. The van der Waals surface area contributed by atoms with Crippen molar-refractivity contribution in [3.8, 4) is 5.75 Å². The second kappa shape index (κ2) is 7.64. The highest BCUT2D eigenvalue weighted by Crippen LogP contribution is 2.08. The Labute approximate surface area is 120 Å². The third-order valence-corrected chi connectivity index (χ3v) is 3.64. The van der Waals surface area contributed by atoms with Crippen molar-refractivity contribution in [3.05, 3.63) is 24.3 Å². The highest BCUT2D eigenvalue weighted by Gasteiger charge is 2.13. The van der Waals surface area contributed by atoms with E-state index >= 15 is 0 Å². The van der Waals surface area contributed by atoms with Gasteiger partial charge in [0.1, 0.15) is 5.75 Å². The summed E-state index contributed by atoms with van der Waals surface area (Å²) < 4.78 is 5.65. The molecule has 2 N–H and O–H groups in total. The summed E-state index contributed by atoms with van der Waals surface area (Å²) in [6.07, 6.45) is 0.982. The standard InChI is InChI=1S/C14H23BN2O3/c1-16-7-9-17(10-8-16)6-3-11-20-14-5-2-4-13(12-14)15(18)19/h2,4-5,12,18-19H,3,6-11H2,1H3. The van der Waals surface area contributed by atoms with Crippen molar-refractivity contribution in [1.82, 2.24) is 9.80 Å². The van der Waals surface area contributed by atoms with Crippen LogP contribution < -0.4 is 10.2 Å². The van der Waals surface area contributed by atoms with Crippen LogP contribution in [-0.4, -0.2) is 73.3 Å². The van der Waals surface area contributed by atoms with Crippen molar-refractivity contribution in [1.29, 1.82) is 0 Å². The van der Waals surface area contributed by atoms with Crippen LogP contribution >= 0.6 is 0 Å². The lowest BCUT2D eigenvalue weighted by atomic mass is 9.80. The highest BCUT2D eigenvalue weighted by molar-refractivity contribution is 6.58. The van der Waals surface area contributed by atoms with Gasteiger partial charge >= 0.3 is 7.12 Å². The van der Waals surface area contributed by atoms with Crippen LogP contribution in [0.1, 0.15) is 6.42 Å². The molecule has 1 heterocycles. The van der Waals surface area contributed by atoms with Crippen LogP contribution in [0.15, 0.2) is 24.3 Å². The van der Waals surface area contributed by atoms with Gasteiger partial charge < -0.3 is 24.6 Å². The Balaban J connectivity index is 1.67. The van der Waals surface area contributed by atoms with E-state index in [9.17, 15) is 0 Å². The van der Waals surface area contributed by atoms with Crippen LogP contribution in [0.2, 0.25) is 0 Å². The first-order valence-corrected chi connectivity index (χ1v) is 7.15. The Bertz CT molecular complexity index is 409. The number of piperazine rings is 1. The smallest absolute Gasteiger partial charge is 0.488 e. The van der Waals surface area contributed by atoms with Crippen molar-refractivity contribution in [2.24, 2.45) is 0 Å². The molecule has 0 radical (unpaired) electrons. The van der Waals surface area contributed by atoms with Gasteiger partial charge in [0.15, 0.2) is 0 Å². The molecule has 1 aliphatic heterocycles. The molecule has 0 bridgehead atoms. The molecule has 20 heavy (non-hydrogen) atoms. The zero-order valence-corrected chi connectivity index (χ0v) is 12.0. The fraction of sp³-hybridized carbons (Fsp3) is 0.571. The minimum atomic E-state index is -1.44. The summed E-state index contributed by atoms with van der Waals surface area (Å²) in [6.45, 7) is 6.23. The summed E-state index contributed by atoms with van der Waals surface area (Å²) in [6, 6.07) is 6.94. The molecule has 0 amide bonds. The van der Waals surface area contributed by atoms with Crippen LogP contribution in [0.5, 0.6) is 5.75 Å². The minimum absolute atomic E-state index is 0.460. The second-order valence-corrected chi connectivity index (χ2v) is 5.29. The Kier molecular flexibility index (Phi) is 5.85. The molecule has 0 aromatic heterocycles. The predicted molar refractivity (Wildman–Crippen MR) is 80.3 cm³/mol. The number of likely N-dealkylation sites (N-methyl/N-ethyl adjacent to an activating group) is 1. The van der Waals surface area contributed by atoms with Crippen LogP contribution in [-0.2, 0) is 0 Å². The average molecular weight is 278 g/mol. The third kappa shape index (κ3) is 4.79. The minimum Gasteiger partial charge on any atom is -0.494 e. The number of hydrogen-bond donors (Lipinski definition) is 2. The van der Waals surface area contributed by atoms with E-state index in [0.717, 1.165) is 39.1 Å². The first-order valence-electron chi connectivity index (χ1n) is 7.15. The van der Waals surface area contributed by atoms with Gasteiger partial charge in [-0.25, -0.2) is 0 Å². The van der Waals surface area contributed by atoms with Crippen LogP contribution in [0.4, 0.5) is 0 Å². The molecule has 110 valence electrons. The van der Waals surface area contributed by atoms with Crippen LogP contribution in [0, 0.1) is 0 Å². The molecule has 0 spiro atoms. The molecule has 5 nitrogen and oxygen atoms in total. The molecule has 0 saturated carbocycles. The molecular formula is C14H23BN2O3. The summed E-state index contributed by atoms with van der Waals surface area (Å²) in [5, 5.41) is 18.2. The molecule has 2 rings (SSSR count). The molecule has 1 aromatic rings. The van der Waals surface area contributed by atoms with Gasteiger partial charge in [0.05, 0.1) is 6.61 Å².